The van der Waals surface area contributed by atoms with Crippen molar-refractivity contribution in [2.75, 3.05) is 13.2 Å². The van der Waals surface area contributed by atoms with Crippen LogP contribution in [-0.4, -0.2) is 19.2 Å². The maximum atomic E-state index is 11.8. The van der Waals surface area contributed by atoms with Crippen LogP contribution < -0.4 is 4.74 Å². The third kappa shape index (κ3) is 8.36. The fraction of sp³-hybridized carbons (Fsp3) is 0.708. The van der Waals surface area contributed by atoms with E-state index in [9.17, 15) is 4.79 Å². The fourth-order valence-electron chi connectivity index (χ4n) is 4.02. The van der Waals surface area contributed by atoms with E-state index >= 15 is 0 Å². The minimum absolute atomic E-state index is 0.256. The van der Waals surface area contributed by atoms with Gasteiger partial charge in [-0.3, -0.25) is 0 Å². The van der Waals surface area contributed by atoms with E-state index in [1.165, 1.54) is 57.8 Å². The molecule has 0 saturated heterocycles. The van der Waals surface area contributed by atoms with Gasteiger partial charge in [-0.2, -0.15) is 0 Å². The Hall–Kier alpha value is -1.51. The molecule has 2 rings (SSSR count). The molecule has 1 saturated carbocycles. The Kier molecular flexibility index (Phi) is 10.3. The quantitative estimate of drug-likeness (QED) is 0.298. The molecule has 1 aliphatic rings. The number of hydrogen-bond donors (Lipinski definition) is 0. The molecule has 1 fully saturated rings. The SMILES string of the molecule is CCCCCC1CCC(CCCOc2ccc(C(=O)OCCC)cc2)CC1. The summed E-state index contributed by atoms with van der Waals surface area (Å²) >= 11 is 0. The summed E-state index contributed by atoms with van der Waals surface area (Å²) in [4.78, 5) is 11.8. The summed E-state index contributed by atoms with van der Waals surface area (Å²) in [6.45, 7) is 5.51. The lowest BCUT2D eigenvalue weighted by molar-refractivity contribution is 0.0505. The van der Waals surface area contributed by atoms with Crippen LogP contribution in [0.25, 0.3) is 0 Å². The van der Waals surface area contributed by atoms with Crippen molar-refractivity contribution >= 4 is 5.97 Å². The molecule has 0 aromatic heterocycles. The first-order valence-electron chi connectivity index (χ1n) is 11.1. The second kappa shape index (κ2) is 12.8. The molecule has 0 amide bonds. The van der Waals surface area contributed by atoms with Crippen molar-refractivity contribution in [3.8, 4) is 5.75 Å². The highest BCUT2D eigenvalue weighted by molar-refractivity contribution is 5.89. The molecule has 0 radical (unpaired) electrons. The van der Waals surface area contributed by atoms with Crippen LogP contribution in [0.15, 0.2) is 24.3 Å². The number of hydrogen-bond acceptors (Lipinski definition) is 3. The third-order valence-electron chi connectivity index (χ3n) is 5.73. The number of ether oxygens (including phenoxy) is 2. The van der Waals surface area contributed by atoms with Gasteiger partial charge >= 0.3 is 5.97 Å². The smallest absolute Gasteiger partial charge is 0.338 e. The van der Waals surface area contributed by atoms with E-state index in [0.717, 1.165) is 37.0 Å². The van der Waals surface area contributed by atoms with Crippen LogP contribution in [0.2, 0.25) is 0 Å². The Morgan fingerprint density at radius 1 is 0.852 bits per heavy atom. The molecular formula is C24H38O3. The van der Waals surface area contributed by atoms with Crippen molar-refractivity contribution in [1.29, 1.82) is 0 Å². The normalized spacial score (nSPS) is 19.6. The lowest BCUT2D eigenvalue weighted by atomic mass is 9.78. The first-order valence-corrected chi connectivity index (χ1v) is 11.1. The maximum absolute atomic E-state index is 11.8. The van der Waals surface area contributed by atoms with Gasteiger partial charge in [0.15, 0.2) is 0 Å². The van der Waals surface area contributed by atoms with E-state index in [1.54, 1.807) is 12.1 Å². The van der Waals surface area contributed by atoms with Crippen molar-refractivity contribution in [3.63, 3.8) is 0 Å². The zero-order valence-electron chi connectivity index (χ0n) is 17.4. The van der Waals surface area contributed by atoms with Crippen LogP contribution in [0, 0.1) is 11.8 Å². The average molecular weight is 375 g/mol. The summed E-state index contributed by atoms with van der Waals surface area (Å²) in [5.41, 5.74) is 0.589. The van der Waals surface area contributed by atoms with E-state index < -0.39 is 0 Å². The van der Waals surface area contributed by atoms with Crippen molar-refractivity contribution < 1.29 is 14.3 Å². The van der Waals surface area contributed by atoms with Gasteiger partial charge in [-0.05, 0) is 55.4 Å². The number of esters is 1. The van der Waals surface area contributed by atoms with Crippen LogP contribution in [-0.2, 0) is 4.74 Å². The molecule has 0 atom stereocenters. The molecule has 27 heavy (non-hydrogen) atoms. The van der Waals surface area contributed by atoms with Gasteiger partial charge in [0.25, 0.3) is 0 Å². The van der Waals surface area contributed by atoms with Crippen LogP contribution in [0.1, 0.15) is 94.8 Å². The van der Waals surface area contributed by atoms with E-state index in [2.05, 4.69) is 6.92 Å². The van der Waals surface area contributed by atoms with Gasteiger partial charge in [0.2, 0.25) is 0 Å². The van der Waals surface area contributed by atoms with Crippen molar-refractivity contribution in [3.05, 3.63) is 29.8 Å². The molecule has 0 aliphatic heterocycles. The van der Waals surface area contributed by atoms with Gasteiger partial charge in [0.05, 0.1) is 18.8 Å². The monoisotopic (exact) mass is 374 g/mol. The molecule has 1 aliphatic carbocycles. The highest BCUT2D eigenvalue weighted by Crippen LogP contribution is 2.34. The standard InChI is InChI=1S/C24H38O3/c1-3-5-6-8-20-10-12-21(13-11-20)9-7-19-26-23-16-14-22(15-17-23)24(25)27-18-4-2/h14-17,20-21H,3-13,18-19H2,1-2H3. The summed E-state index contributed by atoms with van der Waals surface area (Å²) in [6, 6.07) is 7.30. The predicted octanol–water partition coefficient (Wildman–Crippen LogP) is 6.80. The summed E-state index contributed by atoms with van der Waals surface area (Å²) in [6.07, 6.45) is 14.5. The van der Waals surface area contributed by atoms with Crippen molar-refractivity contribution in [2.24, 2.45) is 11.8 Å². The summed E-state index contributed by atoms with van der Waals surface area (Å²) in [7, 11) is 0. The van der Waals surface area contributed by atoms with Gasteiger partial charge in [-0.25, -0.2) is 4.79 Å². The second-order valence-electron chi connectivity index (χ2n) is 8.03. The van der Waals surface area contributed by atoms with E-state index in [4.69, 9.17) is 9.47 Å². The summed E-state index contributed by atoms with van der Waals surface area (Å²) < 4.78 is 11.0. The molecule has 1 aromatic carbocycles. The number of rotatable bonds is 12. The molecule has 1 aromatic rings. The number of carbonyl (C=O) groups excluding carboxylic acids is 1. The molecule has 0 spiro atoms. The molecule has 152 valence electrons. The lowest BCUT2D eigenvalue weighted by Crippen LogP contribution is -2.15. The Morgan fingerprint density at radius 3 is 2.07 bits per heavy atom. The van der Waals surface area contributed by atoms with Crippen LogP contribution in [0.5, 0.6) is 5.75 Å². The molecule has 0 N–H and O–H groups in total. The largest absolute Gasteiger partial charge is 0.494 e. The fourth-order valence-corrected chi connectivity index (χ4v) is 4.02. The highest BCUT2D eigenvalue weighted by atomic mass is 16.5. The maximum Gasteiger partial charge on any atom is 0.338 e. The van der Waals surface area contributed by atoms with E-state index in [-0.39, 0.29) is 5.97 Å². The lowest BCUT2D eigenvalue weighted by Gasteiger charge is -2.28. The topological polar surface area (TPSA) is 35.5 Å². The number of carbonyl (C=O) groups is 1. The van der Waals surface area contributed by atoms with Crippen molar-refractivity contribution in [2.45, 2.75) is 84.5 Å². The zero-order valence-corrected chi connectivity index (χ0v) is 17.4. The van der Waals surface area contributed by atoms with Crippen LogP contribution >= 0.6 is 0 Å². The molecule has 0 unspecified atom stereocenters. The molecule has 0 heterocycles. The second-order valence-corrected chi connectivity index (χ2v) is 8.03. The minimum Gasteiger partial charge on any atom is -0.494 e. The Bertz CT molecular complexity index is 515. The van der Waals surface area contributed by atoms with Gasteiger partial charge in [0.1, 0.15) is 5.75 Å². The molecule has 3 nitrogen and oxygen atoms in total. The summed E-state index contributed by atoms with van der Waals surface area (Å²) in [5, 5.41) is 0. The highest BCUT2D eigenvalue weighted by Gasteiger charge is 2.20. The Balaban J connectivity index is 1.57. The number of benzene rings is 1. The van der Waals surface area contributed by atoms with Crippen LogP contribution in [0.3, 0.4) is 0 Å². The van der Waals surface area contributed by atoms with Gasteiger partial charge < -0.3 is 9.47 Å². The Morgan fingerprint density at radius 2 is 1.48 bits per heavy atom. The van der Waals surface area contributed by atoms with Crippen molar-refractivity contribution in [1.82, 2.24) is 0 Å². The van der Waals surface area contributed by atoms with E-state index in [1.807, 2.05) is 19.1 Å². The minimum atomic E-state index is -0.256. The average Bonchev–Trinajstić information content (AvgIpc) is 2.71. The van der Waals surface area contributed by atoms with Gasteiger partial charge in [-0.1, -0.05) is 65.2 Å². The third-order valence-corrected chi connectivity index (χ3v) is 5.73. The molecular weight excluding hydrogens is 336 g/mol. The Labute approximate surface area is 165 Å². The first-order chi connectivity index (χ1) is 13.2. The van der Waals surface area contributed by atoms with Crippen LogP contribution in [0.4, 0.5) is 0 Å². The summed E-state index contributed by atoms with van der Waals surface area (Å²) in [5.74, 6) is 2.47. The van der Waals surface area contributed by atoms with Gasteiger partial charge in [0, 0.05) is 0 Å². The van der Waals surface area contributed by atoms with E-state index in [0.29, 0.717) is 12.2 Å². The van der Waals surface area contributed by atoms with Gasteiger partial charge in [-0.15, -0.1) is 0 Å². The number of unbranched alkanes of at least 4 members (excludes halogenated alkanes) is 2. The molecule has 3 heteroatoms. The zero-order chi connectivity index (χ0) is 19.3. The molecule has 0 bridgehead atoms. The predicted molar refractivity (Wildman–Crippen MR) is 111 cm³/mol. The first kappa shape index (κ1) is 21.8.